The molecule has 1 aromatic carbocycles. The molecule has 0 saturated carbocycles. The summed E-state index contributed by atoms with van der Waals surface area (Å²) in [7, 11) is 0. The van der Waals surface area contributed by atoms with Crippen molar-refractivity contribution in [2.75, 3.05) is 5.32 Å². The van der Waals surface area contributed by atoms with Crippen molar-refractivity contribution in [2.24, 2.45) is 0 Å². The first-order valence-corrected chi connectivity index (χ1v) is 6.98. The van der Waals surface area contributed by atoms with Gasteiger partial charge in [-0.05, 0) is 23.3 Å². The van der Waals surface area contributed by atoms with E-state index in [-0.39, 0.29) is 5.01 Å². The van der Waals surface area contributed by atoms with Crippen LogP contribution in [-0.2, 0) is 19.3 Å². The summed E-state index contributed by atoms with van der Waals surface area (Å²) in [5.41, 5.74) is 1.73. The zero-order valence-corrected chi connectivity index (χ0v) is 11.4. The number of anilines is 1. The molecule has 3 rings (SSSR count). The highest BCUT2D eigenvalue weighted by Gasteiger charge is 2.34. The molecule has 0 radical (unpaired) electrons. The summed E-state index contributed by atoms with van der Waals surface area (Å²) in [6.45, 7) is 1.50. The van der Waals surface area contributed by atoms with Crippen LogP contribution in [0, 0.1) is 0 Å². The molecule has 2 heterocycles. The number of halogens is 3. The minimum atomic E-state index is -4.53. The van der Waals surface area contributed by atoms with Gasteiger partial charge >= 0.3 is 6.18 Å². The third-order valence-electron chi connectivity index (χ3n) is 3.08. The average molecular weight is 313 g/mol. The molecule has 0 bridgehead atoms. The molecule has 8 heteroatoms. The van der Waals surface area contributed by atoms with Gasteiger partial charge in [0.1, 0.15) is 0 Å². The van der Waals surface area contributed by atoms with Crippen molar-refractivity contribution in [3.8, 4) is 0 Å². The van der Waals surface area contributed by atoms with Gasteiger partial charge in [-0.15, -0.1) is 11.3 Å². The standard InChI is InChI=1S/C13H10F3N3OS/c14-13(15,16)10-6-21-12(19-10)11(20)18-9-2-1-7-4-17-5-8(7)3-9/h1-3,6,17H,4-5H2,(H,18,20). The van der Waals surface area contributed by atoms with Gasteiger partial charge in [0.25, 0.3) is 5.91 Å². The Morgan fingerprint density at radius 2 is 2.05 bits per heavy atom. The van der Waals surface area contributed by atoms with Crippen LogP contribution >= 0.6 is 11.3 Å². The first-order valence-electron chi connectivity index (χ1n) is 6.10. The molecule has 0 atom stereocenters. The predicted molar refractivity (Wildman–Crippen MR) is 72.1 cm³/mol. The van der Waals surface area contributed by atoms with Gasteiger partial charge in [0.15, 0.2) is 10.7 Å². The summed E-state index contributed by atoms with van der Waals surface area (Å²) in [5, 5.41) is 6.37. The second-order valence-electron chi connectivity index (χ2n) is 4.58. The minimum Gasteiger partial charge on any atom is -0.320 e. The summed E-state index contributed by atoms with van der Waals surface area (Å²) < 4.78 is 37.3. The van der Waals surface area contributed by atoms with Crippen LogP contribution in [0.25, 0.3) is 0 Å². The van der Waals surface area contributed by atoms with E-state index in [9.17, 15) is 18.0 Å². The number of carbonyl (C=O) groups excluding carboxylic acids is 1. The number of nitrogens with zero attached hydrogens (tertiary/aromatic N) is 1. The number of thiazole rings is 1. The average Bonchev–Trinajstić information content (AvgIpc) is 3.06. The van der Waals surface area contributed by atoms with Gasteiger partial charge < -0.3 is 10.6 Å². The Kier molecular flexibility index (Phi) is 3.42. The SMILES string of the molecule is O=C(Nc1ccc2c(c1)CNC2)c1nc(C(F)(F)F)cs1. The molecular formula is C13H10F3N3OS. The molecule has 1 aliphatic rings. The molecule has 1 aliphatic heterocycles. The maximum Gasteiger partial charge on any atom is 0.434 e. The van der Waals surface area contributed by atoms with Crippen LogP contribution < -0.4 is 10.6 Å². The Balaban J connectivity index is 1.76. The van der Waals surface area contributed by atoms with E-state index in [1.54, 1.807) is 6.07 Å². The number of hydrogen-bond acceptors (Lipinski definition) is 4. The molecular weight excluding hydrogens is 303 g/mol. The third kappa shape index (κ3) is 2.91. The summed E-state index contributed by atoms with van der Waals surface area (Å²) in [4.78, 5) is 15.2. The van der Waals surface area contributed by atoms with Crippen LogP contribution in [-0.4, -0.2) is 10.9 Å². The molecule has 2 N–H and O–H groups in total. The minimum absolute atomic E-state index is 0.207. The highest BCUT2D eigenvalue weighted by atomic mass is 32.1. The number of carbonyl (C=O) groups is 1. The number of amides is 1. The lowest BCUT2D eigenvalue weighted by atomic mass is 10.1. The highest BCUT2D eigenvalue weighted by molar-refractivity contribution is 7.11. The van der Waals surface area contributed by atoms with E-state index < -0.39 is 17.8 Å². The molecule has 0 aliphatic carbocycles. The van der Waals surface area contributed by atoms with Crippen LogP contribution in [0.2, 0.25) is 0 Å². The molecule has 0 saturated heterocycles. The van der Waals surface area contributed by atoms with Gasteiger partial charge in [-0.25, -0.2) is 4.98 Å². The number of benzene rings is 1. The summed E-state index contributed by atoms with van der Waals surface area (Å²) in [6, 6.07) is 5.42. The van der Waals surface area contributed by atoms with E-state index in [1.165, 1.54) is 0 Å². The second-order valence-corrected chi connectivity index (χ2v) is 5.43. The monoisotopic (exact) mass is 313 g/mol. The topological polar surface area (TPSA) is 54.0 Å². The lowest BCUT2D eigenvalue weighted by Crippen LogP contribution is -2.13. The largest absolute Gasteiger partial charge is 0.434 e. The number of nitrogens with one attached hydrogen (secondary N) is 2. The Morgan fingerprint density at radius 3 is 2.76 bits per heavy atom. The van der Waals surface area contributed by atoms with Gasteiger partial charge in [-0.1, -0.05) is 6.07 Å². The maximum absolute atomic E-state index is 12.4. The van der Waals surface area contributed by atoms with E-state index >= 15 is 0 Å². The number of rotatable bonds is 2. The maximum atomic E-state index is 12.4. The van der Waals surface area contributed by atoms with Crippen molar-refractivity contribution in [1.29, 1.82) is 0 Å². The molecule has 0 spiro atoms. The summed E-state index contributed by atoms with van der Waals surface area (Å²) in [6.07, 6.45) is -4.53. The molecule has 1 aromatic heterocycles. The lowest BCUT2D eigenvalue weighted by Gasteiger charge is -2.05. The van der Waals surface area contributed by atoms with Gasteiger partial charge in [0.05, 0.1) is 0 Å². The second kappa shape index (κ2) is 5.12. The number of hydrogen-bond donors (Lipinski definition) is 2. The smallest absolute Gasteiger partial charge is 0.320 e. The normalized spacial score (nSPS) is 14.0. The molecule has 1 amide bonds. The number of aromatic nitrogens is 1. The fourth-order valence-corrected chi connectivity index (χ4v) is 2.78. The van der Waals surface area contributed by atoms with Gasteiger partial charge in [0.2, 0.25) is 0 Å². The Bertz CT molecular complexity index is 696. The Hall–Kier alpha value is -1.93. The molecule has 4 nitrogen and oxygen atoms in total. The van der Waals surface area contributed by atoms with Crippen LogP contribution in [0.3, 0.4) is 0 Å². The number of alkyl halides is 3. The van der Waals surface area contributed by atoms with Gasteiger partial charge in [-0.2, -0.15) is 13.2 Å². The third-order valence-corrected chi connectivity index (χ3v) is 3.92. The van der Waals surface area contributed by atoms with Crippen LogP contribution in [0.4, 0.5) is 18.9 Å². The first kappa shape index (κ1) is 14.0. The Labute approximate surface area is 122 Å². The van der Waals surface area contributed by atoms with E-state index in [1.807, 2.05) is 12.1 Å². The van der Waals surface area contributed by atoms with E-state index in [4.69, 9.17) is 0 Å². The fourth-order valence-electron chi connectivity index (χ4n) is 2.07. The summed E-state index contributed by atoms with van der Waals surface area (Å²) >= 11 is 0.674. The fraction of sp³-hybridized carbons (Fsp3) is 0.231. The lowest BCUT2D eigenvalue weighted by molar-refractivity contribution is -0.140. The van der Waals surface area contributed by atoms with Crippen molar-refractivity contribution < 1.29 is 18.0 Å². The van der Waals surface area contributed by atoms with Crippen molar-refractivity contribution in [1.82, 2.24) is 10.3 Å². The zero-order chi connectivity index (χ0) is 15.0. The molecule has 0 unspecified atom stereocenters. The highest BCUT2D eigenvalue weighted by Crippen LogP contribution is 2.30. The molecule has 21 heavy (non-hydrogen) atoms. The number of fused-ring (bicyclic) bond motifs is 1. The molecule has 110 valence electrons. The van der Waals surface area contributed by atoms with E-state index in [2.05, 4.69) is 15.6 Å². The Morgan fingerprint density at radius 1 is 1.29 bits per heavy atom. The van der Waals surface area contributed by atoms with Crippen molar-refractivity contribution in [2.45, 2.75) is 19.3 Å². The van der Waals surface area contributed by atoms with E-state index in [0.717, 1.165) is 23.1 Å². The summed E-state index contributed by atoms with van der Waals surface area (Å²) in [5.74, 6) is -0.638. The first-order chi connectivity index (χ1) is 9.93. The van der Waals surface area contributed by atoms with Gasteiger partial charge in [-0.3, -0.25) is 4.79 Å². The molecule has 2 aromatic rings. The van der Waals surface area contributed by atoms with Crippen molar-refractivity contribution >= 4 is 22.9 Å². The van der Waals surface area contributed by atoms with Gasteiger partial charge in [0, 0.05) is 24.2 Å². The quantitative estimate of drug-likeness (QED) is 0.896. The predicted octanol–water partition coefficient (Wildman–Crippen LogP) is 3.02. The van der Waals surface area contributed by atoms with Crippen LogP contribution in [0.5, 0.6) is 0 Å². The molecule has 0 fully saturated rings. The zero-order valence-electron chi connectivity index (χ0n) is 10.6. The van der Waals surface area contributed by atoms with Crippen molar-refractivity contribution in [3.05, 3.63) is 45.4 Å². The van der Waals surface area contributed by atoms with E-state index in [0.29, 0.717) is 23.6 Å². The van der Waals surface area contributed by atoms with Crippen LogP contribution in [0.15, 0.2) is 23.6 Å². The van der Waals surface area contributed by atoms with Crippen molar-refractivity contribution in [3.63, 3.8) is 0 Å². The van der Waals surface area contributed by atoms with Crippen LogP contribution in [0.1, 0.15) is 26.6 Å².